The summed E-state index contributed by atoms with van der Waals surface area (Å²) in [4.78, 5) is 31.0. The summed E-state index contributed by atoms with van der Waals surface area (Å²) in [5, 5.41) is 5.72. The molecular formula is C30H36FIN4O5. The van der Waals surface area contributed by atoms with Crippen molar-refractivity contribution in [1.29, 1.82) is 0 Å². The summed E-state index contributed by atoms with van der Waals surface area (Å²) < 4.78 is 29.4. The second-order valence-electron chi connectivity index (χ2n) is 10.6. The Kier molecular flexibility index (Phi) is 11.7. The average Bonchev–Trinajstić information content (AvgIpc) is 2.93. The summed E-state index contributed by atoms with van der Waals surface area (Å²) in [5.74, 6) is 1.48. The van der Waals surface area contributed by atoms with Gasteiger partial charge in [-0.1, -0.05) is 6.07 Å². The first-order valence-corrected chi connectivity index (χ1v) is 14.2. The van der Waals surface area contributed by atoms with Gasteiger partial charge >= 0.3 is 6.09 Å². The van der Waals surface area contributed by atoms with Crippen molar-refractivity contribution in [2.24, 2.45) is 0 Å². The Hall–Kier alpha value is -3.48. The van der Waals surface area contributed by atoms with E-state index in [0.29, 0.717) is 29.5 Å². The number of hydrogen-bond donors (Lipinski definition) is 2. The summed E-state index contributed by atoms with van der Waals surface area (Å²) in [7, 11) is 1.49. The number of alkyl carbamates (subject to hydrolysis) is 1. The number of benzene rings is 2. The van der Waals surface area contributed by atoms with Crippen LogP contribution in [0.25, 0.3) is 11.4 Å². The van der Waals surface area contributed by atoms with Crippen LogP contribution in [0.15, 0.2) is 48.7 Å². The van der Waals surface area contributed by atoms with Gasteiger partial charge in [0.1, 0.15) is 22.9 Å². The lowest BCUT2D eigenvalue weighted by molar-refractivity contribution is -0.105. The second-order valence-corrected chi connectivity index (χ2v) is 11.1. The zero-order valence-corrected chi connectivity index (χ0v) is 26.0. The number of hydrogen-bond acceptors (Lipinski definition) is 7. The minimum atomic E-state index is -0.490. The summed E-state index contributed by atoms with van der Waals surface area (Å²) >= 11 is 1.85. The van der Waals surface area contributed by atoms with E-state index in [4.69, 9.17) is 12.5 Å². The minimum absolute atomic E-state index is 0.123. The van der Waals surface area contributed by atoms with Gasteiger partial charge in [-0.15, -0.1) is 0 Å². The first kappa shape index (κ1) is 32.0. The molecule has 0 spiro atoms. The first-order valence-electron chi connectivity index (χ1n) is 13.3. The number of anilines is 1. The van der Waals surface area contributed by atoms with Gasteiger partial charge in [0.25, 0.3) is 0 Å². The standard InChI is InChI=1S/C18H25IN2O4.C12H11FN2O/c1-18(2,3)24-17(23)21-13-6-4-12(5-7-13)15-10-14(25-19)8-9-16(15)20-11-22;1-8-6-7-14-12(15-8)11-9(13)4-3-5-10(11)16-2/h8-13H,4-7H2,1-3H3,(H,20,22)(H,21,23);3-7H,1-2H3. The smallest absolute Gasteiger partial charge is 0.407 e. The summed E-state index contributed by atoms with van der Waals surface area (Å²) in [6, 6.07) is 12.2. The maximum atomic E-state index is 13.7. The minimum Gasteiger partial charge on any atom is -0.496 e. The van der Waals surface area contributed by atoms with Crippen LogP contribution in [-0.2, 0) is 9.53 Å². The zero-order valence-electron chi connectivity index (χ0n) is 23.9. The SMILES string of the molecule is CC(C)(C)OC(=O)NC1CCC(c2cc(OI)ccc2NC=O)CC1.COc1cccc(F)c1-c1nccc(C)n1. The molecule has 3 aromatic rings. The van der Waals surface area contributed by atoms with Crippen molar-refractivity contribution in [3.8, 4) is 22.9 Å². The van der Waals surface area contributed by atoms with Gasteiger partial charge in [0, 0.05) is 23.6 Å². The Balaban J connectivity index is 0.000000248. The fraction of sp³-hybridized carbons (Fsp3) is 0.400. The van der Waals surface area contributed by atoms with E-state index in [9.17, 15) is 14.0 Å². The van der Waals surface area contributed by atoms with Gasteiger partial charge < -0.3 is 23.2 Å². The zero-order chi connectivity index (χ0) is 30.0. The first-order chi connectivity index (χ1) is 19.5. The van der Waals surface area contributed by atoms with E-state index in [0.717, 1.165) is 48.4 Å². The molecule has 0 radical (unpaired) electrons. The summed E-state index contributed by atoms with van der Waals surface area (Å²) in [5.41, 5.74) is 2.49. The lowest BCUT2D eigenvalue weighted by Gasteiger charge is -2.31. The number of aromatic nitrogens is 2. The van der Waals surface area contributed by atoms with Crippen LogP contribution in [0.2, 0.25) is 0 Å². The molecular weight excluding hydrogens is 642 g/mol. The number of carbonyl (C=O) groups is 2. The van der Waals surface area contributed by atoms with Crippen LogP contribution in [0, 0.1) is 12.7 Å². The number of methoxy groups -OCH3 is 1. The lowest BCUT2D eigenvalue weighted by atomic mass is 9.81. The molecule has 1 aromatic heterocycles. The number of amides is 2. The van der Waals surface area contributed by atoms with Crippen LogP contribution in [0.5, 0.6) is 11.5 Å². The molecule has 11 heteroatoms. The van der Waals surface area contributed by atoms with Crippen LogP contribution < -0.4 is 18.4 Å². The molecule has 4 rings (SSSR count). The number of ether oxygens (including phenoxy) is 2. The largest absolute Gasteiger partial charge is 0.496 e. The van der Waals surface area contributed by atoms with Crippen LogP contribution in [-0.4, -0.2) is 41.2 Å². The van der Waals surface area contributed by atoms with Gasteiger partial charge in [-0.3, -0.25) is 4.79 Å². The molecule has 0 bridgehead atoms. The molecule has 0 atom stereocenters. The second kappa shape index (κ2) is 14.9. The Morgan fingerprint density at radius 3 is 2.46 bits per heavy atom. The van der Waals surface area contributed by atoms with E-state index in [1.807, 2.05) is 68.9 Å². The maximum absolute atomic E-state index is 13.7. The molecule has 1 fully saturated rings. The van der Waals surface area contributed by atoms with Crippen molar-refractivity contribution in [2.45, 2.75) is 70.9 Å². The number of rotatable bonds is 7. The van der Waals surface area contributed by atoms with Gasteiger partial charge in [-0.25, -0.2) is 19.2 Å². The number of carbonyl (C=O) groups excluding carboxylic acids is 2. The predicted octanol–water partition coefficient (Wildman–Crippen LogP) is 7.13. The quantitative estimate of drug-likeness (QED) is 0.202. The van der Waals surface area contributed by atoms with Crippen LogP contribution in [0.4, 0.5) is 14.9 Å². The van der Waals surface area contributed by atoms with Crippen molar-refractivity contribution in [3.05, 3.63) is 65.7 Å². The molecule has 0 saturated heterocycles. The third kappa shape index (κ3) is 9.55. The molecule has 1 aliphatic carbocycles. The highest BCUT2D eigenvalue weighted by molar-refractivity contribution is 14.1. The van der Waals surface area contributed by atoms with Gasteiger partial charge in [0.2, 0.25) is 6.41 Å². The van der Waals surface area contributed by atoms with E-state index in [2.05, 4.69) is 20.6 Å². The topological polar surface area (TPSA) is 112 Å². The molecule has 220 valence electrons. The fourth-order valence-corrected chi connectivity index (χ4v) is 4.88. The van der Waals surface area contributed by atoms with E-state index in [-0.39, 0.29) is 18.0 Å². The lowest BCUT2D eigenvalue weighted by Crippen LogP contribution is -2.40. The molecule has 41 heavy (non-hydrogen) atoms. The molecule has 2 amide bonds. The molecule has 2 N–H and O–H groups in total. The number of halogens is 2. The highest BCUT2D eigenvalue weighted by Gasteiger charge is 2.27. The highest BCUT2D eigenvalue weighted by atomic mass is 127. The van der Waals surface area contributed by atoms with Gasteiger partial charge in [0.05, 0.1) is 12.7 Å². The van der Waals surface area contributed by atoms with E-state index < -0.39 is 5.60 Å². The van der Waals surface area contributed by atoms with Gasteiger partial charge in [-0.2, -0.15) is 0 Å². The van der Waals surface area contributed by atoms with Crippen molar-refractivity contribution >= 4 is 41.2 Å². The van der Waals surface area contributed by atoms with Crippen LogP contribution in [0.1, 0.15) is 63.6 Å². The molecule has 1 aliphatic rings. The highest BCUT2D eigenvalue weighted by Crippen LogP contribution is 2.38. The normalized spacial score (nSPS) is 16.5. The summed E-state index contributed by atoms with van der Waals surface area (Å²) in [6.45, 7) is 7.39. The van der Waals surface area contributed by atoms with Crippen molar-refractivity contribution < 1.29 is 26.5 Å². The molecule has 9 nitrogen and oxygen atoms in total. The third-order valence-corrected chi connectivity index (χ3v) is 6.94. The van der Waals surface area contributed by atoms with Crippen molar-refractivity contribution in [3.63, 3.8) is 0 Å². The Bertz CT molecular complexity index is 1330. The van der Waals surface area contributed by atoms with Gasteiger partial charge in [0.15, 0.2) is 28.8 Å². The van der Waals surface area contributed by atoms with Crippen molar-refractivity contribution in [1.82, 2.24) is 15.3 Å². The van der Waals surface area contributed by atoms with Gasteiger partial charge in [-0.05, 0) is 101 Å². The number of nitrogens with zero attached hydrogens (tertiary/aromatic N) is 2. The Morgan fingerprint density at radius 1 is 1.12 bits per heavy atom. The van der Waals surface area contributed by atoms with Crippen molar-refractivity contribution in [2.75, 3.05) is 12.4 Å². The fourth-order valence-electron chi connectivity index (χ4n) is 4.61. The molecule has 1 heterocycles. The Morgan fingerprint density at radius 2 is 1.85 bits per heavy atom. The van der Waals surface area contributed by atoms with E-state index in [1.165, 1.54) is 13.2 Å². The summed E-state index contributed by atoms with van der Waals surface area (Å²) in [6.07, 6.45) is 5.54. The molecule has 0 unspecified atom stereocenters. The molecule has 1 saturated carbocycles. The number of nitrogens with one attached hydrogen (secondary N) is 2. The number of aryl methyl sites for hydroxylation is 1. The molecule has 0 aliphatic heterocycles. The monoisotopic (exact) mass is 678 g/mol. The average molecular weight is 679 g/mol. The van der Waals surface area contributed by atoms with E-state index >= 15 is 0 Å². The third-order valence-electron chi connectivity index (χ3n) is 6.43. The van der Waals surface area contributed by atoms with E-state index in [1.54, 1.807) is 24.4 Å². The Labute approximate surface area is 254 Å². The van der Waals surface area contributed by atoms with Crippen LogP contribution in [0.3, 0.4) is 0 Å². The van der Waals surface area contributed by atoms with Crippen LogP contribution >= 0.6 is 23.0 Å². The molecule has 2 aromatic carbocycles. The predicted molar refractivity (Wildman–Crippen MR) is 164 cm³/mol. The maximum Gasteiger partial charge on any atom is 0.407 e.